The topological polar surface area (TPSA) is 67.6 Å². The van der Waals surface area contributed by atoms with Gasteiger partial charge in [0.2, 0.25) is 0 Å². The van der Waals surface area contributed by atoms with Crippen molar-refractivity contribution in [3.8, 4) is 0 Å². The van der Waals surface area contributed by atoms with Crippen LogP contribution in [0.3, 0.4) is 0 Å². The van der Waals surface area contributed by atoms with Crippen LogP contribution in [0.1, 0.15) is 5.56 Å². The molecule has 5 nitrogen and oxygen atoms in total. The Kier molecular flexibility index (Phi) is 6.07. The lowest BCUT2D eigenvalue weighted by Gasteiger charge is -2.25. The van der Waals surface area contributed by atoms with Crippen LogP contribution < -0.4 is 11.3 Å². The molecule has 0 aliphatic heterocycles. The molecular formula is C12H18ClN3O2. The minimum absolute atomic E-state index is 0.277. The van der Waals surface area contributed by atoms with Crippen molar-refractivity contribution in [3.05, 3.63) is 34.9 Å². The molecule has 0 fully saturated rings. The van der Waals surface area contributed by atoms with Crippen LogP contribution in [-0.2, 0) is 16.1 Å². The number of carbonyl (C=O) groups is 1. The van der Waals surface area contributed by atoms with Crippen molar-refractivity contribution in [2.24, 2.45) is 5.84 Å². The number of ether oxygens (including phenoxy) is 1. The molecule has 3 N–H and O–H groups in total. The highest BCUT2D eigenvalue weighted by Gasteiger charge is 2.22. The normalized spacial score (nSPS) is 12.5. The first-order valence-corrected chi connectivity index (χ1v) is 5.90. The van der Waals surface area contributed by atoms with Crippen molar-refractivity contribution in [1.82, 2.24) is 10.3 Å². The van der Waals surface area contributed by atoms with Gasteiger partial charge in [-0.15, -0.1) is 0 Å². The third kappa shape index (κ3) is 4.27. The highest BCUT2D eigenvalue weighted by atomic mass is 35.5. The Morgan fingerprint density at radius 3 is 2.89 bits per heavy atom. The van der Waals surface area contributed by atoms with E-state index in [4.69, 9.17) is 22.2 Å². The minimum atomic E-state index is -0.431. The Hall–Kier alpha value is -1.14. The van der Waals surface area contributed by atoms with Gasteiger partial charge in [0.05, 0.1) is 6.61 Å². The Morgan fingerprint density at radius 2 is 2.33 bits per heavy atom. The van der Waals surface area contributed by atoms with Crippen molar-refractivity contribution >= 4 is 17.5 Å². The number of rotatable bonds is 6. The second-order valence-electron chi connectivity index (χ2n) is 4.02. The minimum Gasteiger partial charge on any atom is -0.383 e. The molecule has 6 heteroatoms. The van der Waals surface area contributed by atoms with E-state index in [-0.39, 0.29) is 12.5 Å². The first kappa shape index (κ1) is 14.9. The molecule has 1 atom stereocenters. The number of nitrogens with one attached hydrogen (secondary N) is 1. The summed E-state index contributed by atoms with van der Waals surface area (Å²) in [7, 11) is 3.38. The molecule has 1 rings (SSSR count). The molecule has 0 aliphatic carbocycles. The van der Waals surface area contributed by atoms with Gasteiger partial charge in [-0.3, -0.25) is 15.1 Å². The maximum Gasteiger partial charge on any atom is 0.253 e. The van der Waals surface area contributed by atoms with Crippen molar-refractivity contribution < 1.29 is 9.53 Å². The standard InChI is InChI=1S/C12H18ClN3O2/c1-16(11(8-18-2)12(17)15-14)7-9-4-3-5-10(13)6-9/h3-6,11H,7-8,14H2,1-2H3,(H,15,17). The predicted molar refractivity (Wildman–Crippen MR) is 70.9 cm³/mol. The Balaban J connectivity index is 2.71. The van der Waals surface area contributed by atoms with E-state index in [1.165, 1.54) is 0 Å². The van der Waals surface area contributed by atoms with Crippen molar-refractivity contribution in [2.45, 2.75) is 12.6 Å². The average molecular weight is 272 g/mol. The van der Waals surface area contributed by atoms with Gasteiger partial charge in [-0.05, 0) is 24.7 Å². The highest BCUT2D eigenvalue weighted by Crippen LogP contribution is 2.13. The zero-order valence-electron chi connectivity index (χ0n) is 10.5. The third-order valence-electron chi connectivity index (χ3n) is 2.62. The number of hydrogen-bond acceptors (Lipinski definition) is 4. The van der Waals surface area contributed by atoms with Crippen LogP contribution in [-0.4, -0.2) is 37.6 Å². The van der Waals surface area contributed by atoms with Gasteiger partial charge in [0, 0.05) is 18.7 Å². The SMILES string of the molecule is COCC(C(=O)NN)N(C)Cc1cccc(Cl)c1. The van der Waals surface area contributed by atoms with Crippen LogP contribution >= 0.6 is 11.6 Å². The molecule has 0 saturated heterocycles. The number of hydrazine groups is 1. The molecule has 0 spiro atoms. The fourth-order valence-corrected chi connectivity index (χ4v) is 1.90. The zero-order chi connectivity index (χ0) is 13.5. The van der Waals surface area contributed by atoms with Crippen LogP contribution in [0, 0.1) is 0 Å². The van der Waals surface area contributed by atoms with Crippen molar-refractivity contribution in [3.63, 3.8) is 0 Å². The summed E-state index contributed by atoms with van der Waals surface area (Å²) in [5, 5.41) is 0.674. The summed E-state index contributed by atoms with van der Waals surface area (Å²) < 4.78 is 5.03. The number of likely N-dealkylation sites (N-methyl/N-ethyl adjacent to an activating group) is 1. The van der Waals surface area contributed by atoms with Gasteiger partial charge in [0.15, 0.2) is 0 Å². The number of amides is 1. The van der Waals surface area contributed by atoms with Gasteiger partial charge in [0.25, 0.3) is 5.91 Å². The van der Waals surface area contributed by atoms with Gasteiger partial charge in [-0.25, -0.2) is 5.84 Å². The molecule has 0 aliphatic rings. The lowest BCUT2D eigenvalue weighted by Crippen LogP contribution is -2.49. The van der Waals surface area contributed by atoms with Gasteiger partial charge < -0.3 is 4.74 Å². The number of hydrogen-bond donors (Lipinski definition) is 2. The molecular weight excluding hydrogens is 254 g/mol. The number of methoxy groups -OCH3 is 1. The molecule has 0 aromatic heterocycles. The Labute approximate surface area is 112 Å². The smallest absolute Gasteiger partial charge is 0.253 e. The van der Waals surface area contributed by atoms with Crippen molar-refractivity contribution in [2.75, 3.05) is 20.8 Å². The molecule has 1 aromatic carbocycles. The van der Waals surface area contributed by atoms with Gasteiger partial charge in [-0.1, -0.05) is 23.7 Å². The summed E-state index contributed by atoms with van der Waals surface area (Å²) in [6.07, 6.45) is 0. The molecule has 100 valence electrons. The second-order valence-corrected chi connectivity index (χ2v) is 4.46. The van der Waals surface area contributed by atoms with E-state index in [1.54, 1.807) is 7.11 Å². The number of nitrogens with zero attached hydrogens (tertiary/aromatic N) is 1. The molecule has 1 amide bonds. The highest BCUT2D eigenvalue weighted by molar-refractivity contribution is 6.30. The van der Waals surface area contributed by atoms with E-state index in [0.29, 0.717) is 11.6 Å². The monoisotopic (exact) mass is 271 g/mol. The fourth-order valence-electron chi connectivity index (χ4n) is 1.69. The van der Waals surface area contributed by atoms with Crippen molar-refractivity contribution in [1.29, 1.82) is 0 Å². The lowest BCUT2D eigenvalue weighted by molar-refractivity contribution is -0.128. The van der Waals surface area contributed by atoms with E-state index in [1.807, 2.05) is 36.2 Å². The fraction of sp³-hybridized carbons (Fsp3) is 0.417. The van der Waals surface area contributed by atoms with Crippen LogP contribution in [0.2, 0.25) is 5.02 Å². The number of carbonyl (C=O) groups excluding carboxylic acids is 1. The second kappa shape index (κ2) is 7.33. The maximum absolute atomic E-state index is 11.6. The van der Waals surface area contributed by atoms with Gasteiger partial charge >= 0.3 is 0 Å². The van der Waals surface area contributed by atoms with E-state index in [9.17, 15) is 4.79 Å². The van der Waals surface area contributed by atoms with Crippen LogP contribution in [0.15, 0.2) is 24.3 Å². The molecule has 0 heterocycles. The molecule has 0 radical (unpaired) electrons. The summed E-state index contributed by atoms with van der Waals surface area (Å²) in [4.78, 5) is 13.5. The van der Waals surface area contributed by atoms with E-state index < -0.39 is 6.04 Å². The van der Waals surface area contributed by atoms with Crippen LogP contribution in [0.4, 0.5) is 0 Å². The van der Waals surface area contributed by atoms with E-state index in [0.717, 1.165) is 5.56 Å². The van der Waals surface area contributed by atoms with E-state index >= 15 is 0 Å². The molecule has 1 aromatic rings. The Bertz CT molecular complexity index is 401. The quantitative estimate of drug-likeness (QED) is 0.456. The first-order valence-electron chi connectivity index (χ1n) is 5.52. The lowest BCUT2D eigenvalue weighted by atomic mass is 10.2. The molecule has 0 saturated carbocycles. The van der Waals surface area contributed by atoms with Gasteiger partial charge in [0.1, 0.15) is 6.04 Å². The third-order valence-corrected chi connectivity index (χ3v) is 2.86. The summed E-state index contributed by atoms with van der Waals surface area (Å²) in [5.74, 6) is 4.88. The van der Waals surface area contributed by atoms with E-state index in [2.05, 4.69) is 5.43 Å². The number of benzene rings is 1. The summed E-state index contributed by atoms with van der Waals surface area (Å²) in [6, 6.07) is 7.07. The molecule has 1 unspecified atom stereocenters. The van der Waals surface area contributed by atoms with Crippen LogP contribution in [0.5, 0.6) is 0 Å². The zero-order valence-corrected chi connectivity index (χ0v) is 11.3. The maximum atomic E-state index is 11.6. The Morgan fingerprint density at radius 1 is 1.61 bits per heavy atom. The number of halogens is 1. The van der Waals surface area contributed by atoms with Gasteiger partial charge in [-0.2, -0.15) is 0 Å². The molecule has 18 heavy (non-hydrogen) atoms. The number of nitrogens with two attached hydrogens (primary N) is 1. The largest absolute Gasteiger partial charge is 0.383 e. The average Bonchev–Trinajstić information content (AvgIpc) is 2.35. The summed E-state index contributed by atoms with van der Waals surface area (Å²) >= 11 is 5.92. The first-order chi connectivity index (χ1) is 8.58. The van der Waals surface area contributed by atoms with Crippen LogP contribution in [0.25, 0.3) is 0 Å². The summed E-state index contributed by atoms with van der Waals surface area (Å²) in [5.41, 5.74) is 3.17. The summed E-state index contributed by atoms with van der Waals surface area (Å²) in [6.45, 7) is 0.863. The predicted octanol–water partition coefficient (Wildman–Crippen LogP) is 0.777. The molecule has 0 bridgehead atoms.